The number of rotatable bonds is 4. The molecule has 1 aliphatic heterocycles. The highest BCUT2D eigenvalue weighted by molar-refractivity contribution is 5.93. The van der Waals surface area contributed by atoms with E-state index in [1.807, 2.05) is 44.2 Å². The first-order chi connectivity index (χ1) is 10.4. The Morgan fingerprint density at radius 3 is 2.68 bits per heavy atom. The zero-order chi connectivity index (χ0) is 16.3. The van der Waals surface area contributed by atoms with Gasteiger partial charge in [0.2, 0.25) is 5.91 Å². The Kier molecular flexibility index (Phi) is 5.01. The standard InChI is InChI=1S/C18H23NO3/c1-4-6-13(3)17(20)19-10-15(16(11-19)18(21)22)14-8-5-7-12(2)9-14/h5-9,15-16H,4,10-11H2,1-3H3,(H,21,22)/b13-6+/t15-,16+/m1/s1. The number of hydrogen-bond acceptors (Lipinski definition) is 2. The predicted molar refractivity (Wildman–Crippen MR) is 85.7 cm³/mol. The molecule has 0 bridgehead atoms. The van der Waals surface area contributed by atoms with E-state index in [4.69, 9.17) is 0 Å². The van der Waals surface area contributed by atoms with Crippen LogP contribution in [0.25, 0.3) is 0 Å². The molecular weight excluding hydrogens is 278 g/mol. The first-order valence-corrected chi connectivity index (χ1v) is 7.69. The van der Waals surface area contributed by atoms with Crippen molar-refractivity contribution < 1.29 is 14.7 Å². The van der Waals surface area contributed by atoms with Crippen molar-refractivity contribution in [1.29, 1.82) is 0 Å². The summed E-state index contributed by atoms with van der Waals surface area (Å²) in [6, 6.07) is 7.90. The number of benzene rings is 1. The van der Waals surface area contributed by atoms with Gasteiger partial charge in [-0.25, -0.2) is 0 Å². The lowest BCUT2D eigenvalue weighted by molar-refractivity contribution is -0.141. The normalized spacial score (nSPS) is 22.0. The number of carbonyl (C=O) groups excluding carboxylic acids is 1. The summed E-state index contributed by atoms with van der Waals surface area (Å²) in [6.07, 6.45) is 2.69. The zero-order valence-electron chi connectivity index (χ0n) is 13.4. The number of aliphatic carboxylic acids is 1. The summed E-state index contributed by atoms with van der Waals surface area (Å²) in [7, 11) is 0. The van der Waals surface area contributed by atoms with Crippen molar-refractivity contribution in [2.24, 2.45) is 5.92 Å². The van der Waals surface area contributed by atoms with Gasteiger partial charge in [0.15, 0.2) is 0 Å². The van der Waals surface area contributed by atoms with E-state index in [-0.39, 0.29) is 18.4 Å². The highest BCUT2D eigenvalue weighted by atomic mass is 16.4. The Labute approximate surface area is 131 Å². The molecule has 0 radical (unpaired) electrons. The number of nitrogens with zero attached hydrogens (tertiary/aromatic N) is 1. The summed E-state index contributed by atoms with van der Waals surface area (Å²) < 4.78 is 0. The molecule has 2 atom stereocenters. The van der Waals surface area contributed by atoms with Crippen LogP contribution in [0.4, 0.5) is 0 Å². The molecule has 0 spiro atoms. The quantitative estimate of drug-likeness (QED) is 0.870. The van der Waals surface area contributed by atoms with Gasteiger partial charge < -0.3 is 10.0 Å². The summed E-state index contributed by atoms with van der Waals surface area (Å²) in [5.74, 6) is -1.57. The van der Waals surface area contributed by atoms with Crippen LogP contribution >= 0.6 is 0 Å². The van der Waals surface area contributed by atoms with E-state index in [0.29, 0.717) is 12.1 Å². The molecule has 1 amide bonds. The third kappa shape index (κ3) is 3.38. The molecule has 1 aromatic rings. The maximum absolute atomic E-state index is 12.4. The van der Waals surface area contributed by atoms with Crippen LogP contribution in [0.15, 0.2) is 35.9 Å². The molecule has 1 fully saturated rings. The minimum Gasteiger partial charge on any atom is -0.481 e. The van der Waals surface area contributed by atoms with Crippen molar-refractivity contribution in [3.05, 3.63) is 47.0 Å². The van der Waals surface area contributed by atoms with Gasteiger partial charge in [-0.3, -0.25) is 9.59 Å². The number of aryl methyl sites for hydroxylation is 1. The molecule has 0 aliphatic carbocycles. The van der Waals surface area contributed by atoms with Crippen molar-refractivity contribution in [3.8, 4) is 0 Å². The van der Waals surface area contributed by atoms with Gasteiger partial charge in [-0.1, -0.05) is 42.8 Å². The molecule has 1 aromatic carbocycles. The molecule has 4 nitrogen and oxygen atoms in total. The third-order valence-corrected chi connectivity index (χ3v) is 4.24. The molecule has 0 aromatic heterocycles. The fourth-order valence-corrected chi connectivity index (χ4v) is 3.10. The van der Waals surface area contributed by atoms with Gasteiger partial charge in [0.1, 0.15) is 0 Å². The Bertz CT molecular complexity index is 606. The van der Waals surface area contributed by atoms with Crippen LogP contribution < -0.4 is 0 Å². The predicted octanol–water partition coefficient (Wildman–Crippen LogP) is 2.98. The van der Waals surface area contributed by atoms with Crippen LogP contribution in [0.1, 0.15) is 37.3 Å². The maximum Gasteiger partial charge on any atom is 0.308 e. The second kappa shape index (κ2) is 6.77. The Morgan fingerprint density at radius 2 is 2.09 bits per heavy atom. The second-order valence-electron chi connectivity index (χ2n) is 5.97. The molecule has 1 aliphatic rings. The minimum absolute atomic E-state index is 0.0525. The van der Waals surface area contributed by atoms with Gasteiger partial charge in [0.05, 0.1) is 5.92 Å². The van der Waals surface area contributed by atoms with Crippen LogP contribution in [-0.4, -0.2) is 35.0 Å². The fourth-order valence-electron chi connectivity index (χ4n) is 3.10. The Morgan fingerprint density at radius 1 is 1.36 bits per heavy atom. The monoisotopic (exact) mass is 301 g/mol. The molecule has 1 N–H and O–H groups in total. The molecular formula is C18H23NO3. The Balaban J connectivity index is 2.25. The summed E-state index contributed by atoms with van der Waals surface area (Å²) in [4.78, 5) is 25.7. The molecule has 1 heterocycles. The van der Waals surface area contributed by atoms with Gasteiger partial charge in [-0.2, -0.15) is 0 Å². The van der Waals surface area contributed by atoms with E-state index in [0.717, 1.165) is 17.5 Å². The molecule has 0 unspecified atom stereocenters. The zero-order valence-corrected chi connectivity index (χ0v) is 13.4. The average Bonchev–Trinajstić information content (AvgIpc) is 2.92. The SMILES string of the molecule is CC/C=C(\C)C(=O)N1C[C@H](C(=O)O)[C@@H](c2cccc(C)c2)C1. The highest BCUT2D eigenvalue weighted by Gasteiger charge is 2.40. The number of amides is 1. The lowest BCUT2D eigenvalue weighted by Gasteiger charge is -2.17. The summed E-state index contributed by atoms with van der Waals surface area (Å²) in [6.45, 7) is 6.51. The third-order valence-electron chi connectivity index (χ3n) is 4.24. The number of likely N-dealkylation sites (tertiary alicyclic amines) is 1. The molecule has 2 rings (SSSR count). The summed E-state index contributed by atoms with van der Waals surface area (Å²) in [5.41, 5.74) is 2.80. The average molecular weight is 301 g/mol. The number of allylic oxidation sites excluding steroid dienone is 1. The Hall–Kier alpha value is -2.10. The summed E-state index contributed by atoms with van der Waals surface area (Å²) in [5, 5.41) is 9.50. The van der Waals surface area contributed by atoms with E-state index >= 15 is 0 Å². The summed E-state index contributed by atoms with van der Waals surface area (Å²) >= 11 is 0. The molecule has 118 valence electrons. The van der Waals surface area contributed by atoms with Crippen LogP contribution in [0.5, 0.6) is 0 Å². The number of carboxylic acid groups (broad SMARTS) is 1. The van der Waals surface area contributed by atoms with Crippen LogP contribution in [-0.2, 0) is 9.59 Å². The smallest absolute Gasteiger partial charge is 0.308 e. The van der Waals surface area contributed by atoms with Crippen molar-refractivity contribution >= 4 is 11.9 Å². The van der Waals surface area contributed by atoms with E-state index < -0.39 is 11.9 Å². The van der Waals surface area contributed by atoms with E-state index in [2.05, 4.69) is 0 Å². The fraction of sp³-hybridized carbons (Fsp3) is 0.444. The van der Waals surface area contributed by atoms with Crippen LogP contribution in [0.3, 0.4) is 0 Å². The largest absolute Gasteiger partial charge is 0.481 e. The van der Waals surface area contributed by atoms with Gasteiger partial charge in [-0.05, 0) is 25.8 Å². The molecule has 1 saturated heterocycles. The van der Waals surface area contributed by atoms with E-state index in [1.54, 1.807) is 11.8 Å². The maximum atomic E-state index is 12.4. The first kappa shape index (κ1) is 16.3. The van der Waals surface area contributed by atoms with E-state index in [9.17, 15) is 14.7 Å². The molecule has 0 saturated carbocycles. The second-order valence-corrected chi connectivity index (χ2v) is 5.97. The lowest BCUT2D eigenvalue weighted by atomic mass is 9.88. The van der Waals surface area contributed by atoms with Gasteiger partial charge in [0, 0.05) is 24.6 Å². The molecule has 22 heavy (non-hydrogen) atoms. The van der Waals surface area contributed by atoms with Crippen LogP contribution in [0, 0.1) is 12.8 Å². The van der Waals surface area contributed by atoms with Crippen molar-refractivity contribution in [2.75, 3.05) is 13.1 Å². The van der Waals surface area contributed by atoms with Gasteiger partial charge in [0.25, 0.3) is 0 Å². The van der Waals surface area contributed by atoms with Crippen LogP contribution in [0.2, 0.25) is 0 Å². The minimum atomic E-state index is -0.834. The highest BCUT2D eigenvalue weighted by Crippen LogP contribution is 2.34. The topological polar surface area (TPSA) is 57.6 Å². The number of carbonyl (C=O) groups is 2. The first-order valence-electron chi connectivity index (χ1n) is 7.69. The van der Waals surface area contributed by atoms with Crippen molar-refractivity contribution in [3.63, 3.8) is 0 Å². The molecule has 4 heteroatoms. The van der Waals surface area contributed by atoms with Gasteiger partial charge in [-0.15, -0.1) is 0 Å². The number of carboxylic acids is 1. The van der Waals surface area contributed by atoms with Crippen molar-refractivity contribution in [1.82, 2.24) is 4.90 Å². The van der Waals surface area contributed by atoms with E-state index in [1.165, 1.54) is 0 Å². The van der Waals surface area contributed by atoms with Gasteiger partial charge >= 0.3 is 5.97 Å². The van der Waals surface area contributed by atoms with Crippen molar-refractivity contribution in [2.45, 2.75) is 33.1 Å². The number of hydrogen-bond donors (Lipinski definition) is 1. The lowest BCUT2D eigenvalue weighted by Crippen LogP contribution is -2.30.